The van der Waals surface area contributed by atoms with Gasteiger partial charge in [0.2, 0.25) is 0 Å². The molecule has 0 radical (unpaired) electrons. The smallest absolute Gasteiger partial charge is 0.134 e. The second-order valence-corrected chi connectivity index (χ2v) is 4.29. The molecule has 3 heteroatoms. The molecule has 2 aromatic heterocycles. The Morgan fingerprint density at radius 2 is 1.94 bits per heavy atom. The quantitative estimate of drug-likeness (QED) is 0.699. The highest BCUT2D eigenvalue weighted by Gasteiger charge is 2.07. The van der Waals surface area contributed by atoms with Gasteiger partial charge in [-0.2, -0.15) is 0 Å². The van der Waals surface area contributed by atoms with Crippen molar-refractivity contribution in [2.24, 2.45) is 0 Å². The molecule has 0 aliphatic carbocycles. The molecule has 0 aliphatic rings. The van der Waals surface area contributed by atoms with Gasteiger partial charge in [0.25, 0.3) is 0 Å². The first-order chi connectivity index (χ1) is 8.83. The van der Waals surface area contributed by atoms with Crippen molar-refractivity contribution in [1.82, 2.24) is 4.98 Å². The summed E-state index contributed by atoms with van der Waals surface area (Å²) < 4.78 is 5.79. The highest BCUT2D eigenvalue weighted by atomic mass is 16.3. The topological polar surface area (TPSA) is 29.3 Å². The van der Waals surface area contributed by atoms with Crippen LogP contribution in [0.5, 0.6) is 0 Å². The molecule has 3 aromatic rings. The lowest BCUT2D eigenvalue weighted by atomic mass is 10.2. The van der Waals surface area contributed by atoms with Gasteiger partial charge in [0.1, 0.15) is 17.2 Å². The number of furan rings is 1. The van der Waals surface area contributed by atoms with E-state index in [1.54, 1.807) is 6.20 Å². The van der Waals surface area contributed by atoms with Crippen LogP contribution >= 0.6 is 0 Å². The largest absolute Gasteiger partial charge is 0.459 e. The summed E-state index contributed by atoms with van der Waals surface area (Å²) in [5, 5.41) is 1.14. The number of benzene rings is 1. The van der Waals surface area contributed by atoms with Crippen LogP contribution in [0.2, 0.25) is 0 Å². The van der Waals surface area contributed by atoms with Gasteiger partial charge in [-0.25, -0.2) is 4.98 Å². The fraction of sp³-hybridized carbons (Fsp3) is 0.133. The molecule has 0 atom stereocenters. The minimum atomic E-state index is 0.714. The molecule has 90 valence electrons. The first-order valence-corrected chi connectivity index (χ1v) is 5.92. The Hall–Kier alpha value is -2.29. The zero-order chi connectivity index (χ0) is 12.4. The standard InChI is InChI=1S/C15H14N2O/c1-17(15-8-4-5-9-16-15)11-13-10-12-6-2-3-7-14(12)18-13/h2-10H,11H2,1H3. The monoisotopic (exact) mass is 238 g/mol. The summed E-state index contributed by atoms with van der Waals surface area (Å²) in [6.45, 7) is 0.714. The Bertz CT molecular complexity index is 613. The van der Waals surface area contributed by atoms with Crippen LogP contribution in [0, 0.1) is 0 Å². The number of nitrogens with zero attached hydrogens (tertiary/aromatic N) is 2. The predicted molar refractivity (Wildman–Crippen MR) is 72.6 cm³/mol. The van der Waals surface area contributed by atoms with Crippen LogP contribution in [0.15, 0.2) is 59.1 Å². The fourth-order valence-corrected chi connectivity index (χ4v) is 2.01. The number of anilines is 1. The van der Waals surface area contributed by atoms with Crippen molar-refractivity contribution in [3.05, 3.63) is 60.5 Å². The van der Waals surface area contributed by atoms with Gasteiger partial charge in [0.05, 0.1) is 6.54 Å². The maximum Gasteiger partial charge on any atom is 0.134 e. The van der Waals surface area contributed by atoms with Crippen molar-refractivity contribution in [2.75, 3.05) is 11.9 Å². The minimum absolute atomic E-state index is 0.714. The lowest BCUT2D eigenvalue weighted by Crippen LogP contribution is -2.16. The van der Waals surface area contributed by atoms with Gasteiger partial charge in [0, 0.05) is 18.6 Å². The number of pyridine rings is 1. The Kier molecular flexibility index (Phi) is 2.73. The summed E-state index contributed by atoms with van der Waals surface area (Å²) in [4.78, 5) is 6.38. The van der Waals surface area contributed by atoms with Gasteiger partial charge in [-0.1, -0.05) is 24.3 Å². The third kappa shape index (κ3) is 2.07. The van der Waals surface area contributed by atoms with Gasteiger partial charge in [-0.05, 0) is 24.3 Å². The van der Waals surface area contributed by atoms with Crippen molar-refractivity contribution in [1.29, 1.82) is 0 Å². The number of hydrogen-bond donors (Lipinski definition) is 0. The molecular weight excluding hydrogens is 224 g/mol. The third-order valence-corrected chi connectivity index (χ3v) is 2.91. The van der Waals surface area contributed by atoms with Crippen LogP contribution in [0.25, 0.3) is 11.0 Å². The average Bonchev–Trinajstić information content (AvgIpc) is 2.82. The zero-order valence-corrected chi connectivity index (χ0v) is 10.2. The SMILES string of the molecule is CN(Cc1cc2ccccc2o1)c1ccccn1. The second kappa shape index (κ2) is 4.53. The van der Waals surface area contributed by atoms with Gasteiger partial charge in [0.15, 0.2) is 0 Å². The Labute approximate surface area is 106 Å². The Morgan fingerprint density at radius 3 is 2.72 bits per heavy atom. The van der Waals surface area contributed by atoms with E-state index in [0.29, 0.717) is 6.54 Å². The maximum absolute atomic E-state index is 5.79. The molecule has 0 amide bonds. The normalized spacial score (nSPS) is 10.7. The molecule has 0 N–H and O–H groups in total. The average molecular weight is 238 g/mol. The van der Waals surface area contributed by atoms with Crippen molar-refractivity contribution >= 4 is 16.8 Å². The van der Waals surface area contributed by atoms with Crippen LogP contribution < -0.4 is 4.90 Å². The molecule has 0 fully saturated rings. The van der Waals surface area contributed by atoms with E-state index in [0.717, 1.165) is 22.5 Å². The highest BCUT2D eigenvalue weighted by molar-refractivity contribution is 5.77. The third-order valence-electron chi connectivity index (χ3n) is 2.91. The number of rotatable bonds is 3. The summed E-state index contributed by atoms with van der Waals surface area (Å²) in [6, 6.07) is 16.0. The molecule has 0 bridgehead atoms. The highest BCUT2D eigenvalue weighted by Crippen LogP contribution is 2.20. The van der Waals surface area contributed by atoms with E-state index >= 15 is 0 Å². The van der Waals surface area contributed by atoms with Crippen molar-refractivity contribution in [2.45, 2.75) is 6.54 Å². The molecule has 2 heterocycles. The van der Waals surface area contributed by atoms with Crippen molar-refractivity contribution in [3.8, 4) is 0 Å². The van der Waals surface area contributed by atoms with E-state index in [4.69, 9.17) is 4.42 Å². The van der Waals surface area contributed by atoms with E-state index in [9.17, 15) is 0 Å². The van der Waals surface area contributed by atoms with Crippen LogP contribution in [0.3, 0.4) is 0 Å². The van der Waals surface area contributed by atoms with E-state index in [-0.39, 0.29) is 0 Å². The lowest BCUT2D eigenvalue weighted by Gasteiger charge is -2.15. The van der Waals surface area contributed by atoms with Crippen LogP contribution in [-0.2, 0) is 6.54 Å². The van der Waals surface area contributed by atoms with E-state index in [1.807, 2.05) is 43.4 Å². The zero-order valence-electron chi connectivity index (χ0n) is 10.2. The Balaban J connectivity index is 1.84. The second-order valence-electron chi connectivity index (χ2n) is 4.29. The fourth-order valence-electron chi connectivity index (χ4n) is 2.01. The summed E-state index contributed by atoms with van der Waals surface area (Å²) in [5.41, 5.74) is 0.932. The van der Waals surface area contributed by atoms with Gasteiger partial charge < -0.3 is 9.32 Å². The van der Waals surface area contributed by atoms with Crippen molar-refractivity contribution < 1.29 is 4.42 Å². The van der Waals surface area contributed by atoms with Crippen molar-refractivity contribution in [3.63, 3.8) is 0 Å². The van der Waals surface area contributed by atoms with Gasteiger partial charge in [-0.3, -0.25) is 0 Å². The van der Waals surface area contributed by atoms with Crippen LogP contribution in [0.4, 0.5) is 5.82 Å². The molecular formula is C15H14N2O. The summed E-state index contributed by atoms with van der Waals surface area (Å²) in [6.07, 6.45) is 1.80. The molecule has 3 nitrogen and oxygen atoms in total. The summed E-state index contributed by atoms with van der Waals surface area (Å²) >= 11 is 0. The molecule has 0 saturated heterocycles. The van der Waals surface area contributed by atoms with Crippen LogP contribution in [-0.4, -0.2) is 12.0 Å². The molecule has 0 unspecified atom stereocenters. The Morgan fingerprint density at radius 1 is 1.11 bits per heavy atom. The summed E-state index contributed by atoms with van der Waals surface area (Å²) in [5.74, 6) is 1.89. The molecule has 0 spiro atoms. The maximum atomic E-state index is 5.79. The van der Waals surface area contributed by atoms with E-state index < -0.39 is 0 Å². The molecule has 3 rings (SSSR count). The van der Waals surface area contributed by atoms with E-state index in [2.05, 4.69) is 22.0 Å². The van der Waals surface area contributed by atoms with Gasteiger partial charge >= 0.3 is 0 Å². The molecule has 0 aliphatic heterocycles. The first kappa shape index (κ1) is 10.8. The lowest BCUT2D eigenvalue weighted by molar-refractivity contribution is 0.545. The molecule has 18 heavy (non-hydrogen) atoms. The number of aromatic nitrogens is 1. The predicted octanol–water partition coefficient (Wildman–Crippen LogP) is 3.46. The van der Waals surface area contributed by atoms with Gasteiger partial charge in [-0.15, -0.1) is 0 Å². The molecule has 0 saturated carbocycles. The first-order valence-electron chi connectivity index (χ1n) is 5.92. The van der Waals surface area contributed by atoms with Crippen LogP contribution in [0.1, 0.15) is 5.76 Å². The van der Waals surface area contributed by atoms with E-state index in [1.165, 1.54) is 0 Å². The number of hydrogen-bond acceptors (Lipinski definition) is 3. The number of fused-ring (bicyclic) bond motifs is 1. The molecule has 1 aromatic carbocycles. The minimum Gasteiger partial charge on any atom is -0.459 e. The summed E-state index contributed by atoms with van der Waals surface area (Å²) in [7, 11) is 2.01. The number of para-hydroxylation sites is 1.